The lowest BCUT2D eigenvalue weighted by molar-refractivity contribution is 0.0996. The SMILES string of the molecule is CCS(=O)(=O)N1CCc2nc(NC(=O)c3ccccc3C(=O)c3ccccc3)sc2C1. The summed E-state index contributed by atoms with van der Waals surface area (Å²) in [4.78, 5) is 31.1. The molecule has 1 aliphatic heterocycles. The predicted octanol–water partition coefficient (Wildman–Crippen LogP) is 3.33. The molecule has 160 valence electrons. The molecular weight excluding hydrogens is 434 g/mol. The largest absolute Gasteiger partial charge is 0.298 e. The van der Waals surface area contributed by atoms with Crippen molar-refractivity contribution in [1.82, 2.24) is 9.29 Å². The van der Waals surface area contributed by atoms with Crippen LogP contribution >= 0.6 is 11.3 Å². The number of carbonyl (C=O) groups excluding carboxylic acids is 2. The summed E-state index contributed by atoms with van der Waals surface area (Å²) in [6.07, 6.45) is 0.504. The molecule has 1 amide bonds. The van der Waals surface area contributed by atoms with Gasteiger partial charge in [0.2, 0.25) is 10.0 Å². The minimum atomic E-state index is -3.27. The van der Waals surface area contributed by atoms with Crippen molar-refractivity contribution in [3.8, 4) is 0 Å². The lowest BCUT2D eigenvalue weighted by Crippen LogP contribution is -2.36. The molecule has 1 aromatic heterocycles. The van der Waals surface area contributed by atoms with Crippen LogP contribution < -0.4 is 5.32 Å². The van der Waals surface area contributed by atoms with Gasteiger partial charge >= 0.3 is 0 Å². The van der Waals surface area contributed by atoms with E-state index < -0.39 is 15.9 Å². The number of sulfonamides is 1. The van der Waals surface area contributed by atoms with Crippen LogP contribution in [0.2, 0.25) is 0 Å². The predicted molar refractivity (Wildman–Crippen MR) is 120 cm³/mol. The van der Waals surface area contributed by atoms with Crippen LogP contribution in [-0.4, -0.2) is 41.7 Å². The molecule has 4 rings (SSSR count). The van der Waals surface area contributed by atoms with Crippen LogP contribution in [0.3, 0.4) is 0 Å². The van der Waals surface area contributed by atoms with Gasteiger partial charge in [-0.05, 0) is 13.0 Å². The Morgan fingerprint density at radius 1 is 1.06 bits per heavy atom. The topological polar surface area (TPSA) is 96.4 Å². The van der Waals surface area contributed by atoms with Crippen LogP contribution in [-0.2, 0) is 23.0 Å². The van der Waals surface area contributed by atoms with Gasteiger partial charge in [0.1, 0.15) is 0 Å². The lowest BCUT2D eigenvalue weighted by Gasteiger charge is -2.24. The monoisotopic (exact) mass is 455 g/mol. The number of benzene rings is 2. The average molecular weight is 456 g/mol. The third-order valence-corrected chi connectivity index (χ3v) is 7.95. The molecule has 2 aromatic carbocycles. The van der Waals surface area contributed by atoms with Gasteiger partial charge < -0.3 is 0 Å². The fourth-order valence-corrected chi connectivity index (χ4v) is 5.60. The highest BCUT2D eigenvalue weighted by atomic mass is 32.2. The van der Waals surface area contributed by atoms with E-state index in [2.05, 4.69) is 10.3 Å². The highest BCUT2D eigenvalue weighted by Crippen LogP contribution is 2.30. The Bertz CT molecular complexity index is 1240. The fraction of sp³-hybridized carbons (Fsp3) is 0.227. The summed E-state index contributed by atoms with van der Waals surface area (Å²) in [5, 5.41) is 3.17. The Hall–Kier alpha value is -2.88. The maximum Gasteiger partial charge on any atom is 0.258 e. The lowest BCUT2D eigenvalue weighted by atomic mass is 9.98. The minimum Gasteiger partial charge on any atom is -0.298 e. The fourth-order valence-electron chi connectivity index (χ4n) is 3.43. The van der Waals surface area contributed by atoms with E-state index in [9.17, 15) is 18.0 Å². The number of aromatic nitrogens is 1. The van der Waals surface area contributed by atoms with E-state index >= 15 is 0 Å². The number of rotatable bonds is 6. The van der Waals surface area contributed by atoms with Crippen LogP contribution in [0.4, 0.5) is 5.13 Å². The molecule has 1 aliphatic rings. The second kappa shape index (κ2) is 8.70. The van der Waals surface area contributed by atoms with Gasteiger partial charge in [0, 0.05) is 35.5 Å². The van der Waals surface area contributed by atoms with Crippen LogP contribution in [0.1, 0.15) is 43.8 Å². The maximum atomic E-state index is 13.0. The molecule has 0 fully saturated rings. The van der Waals surface area contributed by atoms with E-state index in [0.717, 1.165) is 10.6 Å². The van der Waals surface area contributed by atoms with E-state index in [1.807, 2.05) is 6.07 Å². The minimum absolute atomic E-state index is 0.0525. The third-order valence-electron chi connectivity index (χ3n) is 5.13. The molecule has 0 spiro atoms. The van der Waals surface area contributed by atoms with Gasteiger partial charge in [-0.15, -0.1) is 11.3 Å². The second-order valence-electron chi connectivity index (χ2n) is 7.07. The maximum absolute atomic E-state index is 13.0. The normalized spacial score (nSPS) is 14.1. The Kier molecular flexibility index (Phi) is 5.99. The van der Waals surface area contributed by atoms with E-state index in [1.54, 1.807) is 55.5 Å². The Labute approximate surface area is 184 Å². The first kappa shape index (κ1) is 21.4. The van der Waals surface area contributed by atoms with Gasteiger partial charge in [-0.1, -0.05) is 48.5 Å². The molecule has 0 aliphatic carbocycles. The number of hydrogen-bond acceptors (Lipinski definition) is 6. The van der Waals surface area contributed by atoms with E-state index in [-0.39, 0.29) is 23.6 Å². The van der Waals surface area contributed by atoms with Crippen molar-refractivity contribution in [2.75, 3.05) is 17.6 Å². The summed E-state index contributed by atoms with van der Waals surface area (Å²) in [5.74, 6) is -0.606. The first-order valence-electron chi connectivity index (χ1n) is 9.85. The van der Waals surface area contributed by atoms with Crippen LogP contribution in [0.5, 0.6) is 0 Å². The van der Waals surface area contributed by atoms with E-state index in [0.29, 0.717) is 29.2 Å². The van der Waals surface area contributed by atoms with Gasteiger partial charge in [0.25, 0.3) is 5.91 Å². The smallest absolute Gasteiger partial charge is 0.258 e. The molecule has 0 radical (unpaired) electrons. The van der Waals surface area contributed by atoms with Crippen LogP contribution in [0.15, 0.2) is 54.6 Å². The molecule has 1 N–H and O–H groups in total. The second-order valence-corrected chi connectivity index (χ2v) is 10.4. The van der Waals surface area contributed by atoms with E-state index in [4.69, 9.17) is 0 Å². The number of amides is 1. The van der Waals surface area contributed by atoms with E-state index in [1.165, 1.54) is 15.6 Å². The molecule has 0 bridgehead atoms. The third kappa shape index (κ3) is 4.43. The van der Waals surface area contributed by atoms with Crippen LogP contribution in [0, 0.1) is 0 Å². The van der Waals surface area contributed by atoms with Crippen molar-refractivity contribution in [1.29, 1.82) is 0 Å². The zero-order valence-electron chi connectivity index (χ0n) is 16.9. The molecule has 0 saturated carbocycles. The number of nitrogens with zero attached hydrogens (tertiary/aromatic N) is 2. The summed E-state index contributed by atoms with van der Waals surface area (Å²) in [6.45, 7) is 2.27. The van der Waals surface area contributed by atoms with Crippen molar-refractivity contribution in [2.45, 2.75) is 19.9 Å². The average Bonchev–Trinajstić information content (AvgIpc) is 3.20. The summed E-state index contributed by atoms with van der Waals surface area (Å²) < 4.78 is 25.8. The molecule has 0 unspecified atom stereocenters. The van der Waals surface area contributed by atoms with Crippen molar-refractivity contribution < 1.29 is 18.0 Å². The van der Waals surface area contributed by atoms with Gasteiger partial charge in [-0.25, -0.2) is 13.4 Å². The highest BCUT2D eigenvalue weighted by Gasteiger charge is 2.28. The van der Waals surface area contributed by atoms with Gasteiger partial charge in [-0.2, -0.15) is 4.31 Å². The summed E-state index contributed by atoms with van der Waals surface area (Å²) in [6, 6.07) is 15.5. The van der Waals surface area contributed by atoms with Gasteiger partial charge in [0.15, 0.2) is 10.9 Å². The number of nitrogens with one attached hydrogen (secondary N) is 1. The number of fused-ring (bicyclic) bond motifs is 1. The number of thiazole rings is 1. The standard InChI is InChI=1S/C22H21N3O4S2/c1-2-31(28,29)25-13-12-18-19(14-25)30-22(23-18)24-21(27)17-11-7-6-10-16(17)20(26)15-8-4-3-5-9-15/h3-11H,2,12-14H2,1H3,(H,23,24,27). The van der Waals surface area contributed by atoms with Crippen molar-refractivity contribution in [3.63, 3.8) is 0 Å². The van der Waals surface area contributed by atoms with Gasteiger partial charge in [0.05, 0.1) is 17.0 Å². The molecule has 0 saturated heterocycles. The Balaban J connectivity index is 1.55. The number of ketones is 1. The molecule has 0 atom stereocenters. The van der Waals surface area contributed by atoms with Gasteiger partial charge in [-0.3, -0.25) is 14.9 Å². The molecule has 31 heavy (non-hydrogen) atoms. The molecule has 9 heteroatoms. The quantitative estimate of drug-likeness (QED) is 0.575. The highest BCUT2D eigenvalue weighted by molar-refractivity contribution is 7.89. The number of anilines is 1. The molecule has 3 aromatic rings. The number of hydrogen-bond donors (Lipinski definition) is 1. The Morgan fingerprint density at radius 3 is 2.45 bits per heavy atom. The first-order valence-corrected chi connectivity index (χ1v) is 12.3. The van der Waals surface area contributed by atoms with Crippen LogP contribution in [0.25, 0.3) is 0 Å². The van der Waals surface area contributed by atoms with Crippen molar-refractivity contribution in [3.05, 3.63) is 81.9 Å². The summed E-state index contributed by atoms with van der Waals surface area (Å²) >= 11 is 1.27. The molecular formula is C22H21N3O4S2. The molecule has 7 nitrogen and oxygen atoms in total. The first-order chi connectivity index (χ1) is 14.9. The molecule has 2 heterocycles. The summed E-state index contributed by atoms with van der Waals surface area (Å²) in [5.41, 5.74) is 1.88. The summed E-state index contributed by atoms with van der Waals surface area (Å²) in [7, 11) is -3.27. The Morgan fingerprint density at radius 2 is 1.74 bits per heavy atom. The zero-order chi connectivity index (χ0) is 22.0. The van der Waals surface area contributed by atoms with Crippen molar-refractivity contribution in [2.24, 2.45) is 0 Å². The van der Waals surface area contributed by atoms with Crippen molar-refractivity contribution >= 4 is 38.2 Å². The number of carbonyl (C=O) groups is 2. The zero-order valence-corrected chi connectivity index (χ0v) is 18.5.